The number of oxazole rings is 1. The van der Waals surface area contributed by atoms with Gasteiger partial charge in [-0.3, -0.25) is 9.59 Å². The highest BCUT2D eigenvalue weighted by Crippen LogP contribution is 2.30. The lowest BCUT2D eigenvalue weighted by molar-refractivity contribution is 0.0954. The second kappa shape index (κ2) is 12.1. The Hall–Kier alpha value is -4.89. The predicted octanol–water partition coefficient (Wildman–Crippen LogP) is 6.14. The van der Waals surface area contributed by atoms with Crippen molar-refractivity contribution in [2.24, 2.45) is 5.10 Å². The highest BCUT2D eigenvalue weighted by Gasteiger charge is 2.10. The van der Waals surface area contributed by atoms with Crippen molar-refractivity contribution in [3.63, 3.8) is 0 Å². The molecule has 8 nitrogen and oxygen atoms in total. The van der Waals surface area contributed by atoms with Gasteiger partial charge in [0.2, 0.25) is 0 Å². The Kier molecular flexibility index (Phi) is 7.99. The molecule has 2 amide bonds. The predicted molar refractivity (Wildman–Crippen MR) is 152 cm³/mol. The molecule has 194 valence electrons. The number of rotatable bonds is 9. The van der Waals surface area contributed by atoms with E-state index in [-0.39, 0.29) is 11.8 Å². The van der Waals surface area contributed by atoms with Gasteiger partial charge in [0, 0.05) is 28.1 Å². The Labute approximate surface area is 229 Å². The van der Waals surface area contributed by atoms with Crippen molar-refractivity contribution in [3.05, 3.63) is 119 Å². The molecule has 5 rings (SSSR count). The zero-order chi connectivity index (χ0) is 27.0. The molecule has 5 aromatic rings. The summed E-state index contributed by atoms with van der Waals surface area (Å²) in [5.41, 5.74) is 7.39. The smallest absolute Gasteiger partial charge is 0.271 e. The first-order chi connectivity index (χ1) is 19.1. The monoisotopic (exact) mass is 536 g/mol. The molecular formula is C30H24N4O4S. The highest BCUT2D eigenvalue weighted by molar-refractivity contribution is 7.98. The number of para-hydroxylation sites is 2. The molecule has 0 radical (unpaired) electrons. The van der Waals surface area contributed by atoms with Crippen molar-refractivity contribution in [2.45, 2.75) is 11.0 Å². The lowest BCUT2D eigenvalue weighted by Crippen LogP contribution is -2.18. The van der Waals surface area contributed by atoms with E-state index in [4.69, 9.17) is 9.15 Å². The van der Waals surface area contributed by atoms with Crippen LogP contribution in [0, 0.1) is 0 Å². The molecule has 0 unspecified atom stereocenters. The van der Waals surface area contributed by atoms with Gasteiger partial charge in [-0.25, -0.2) is 10.4 Å². The van der Waals surface area contributed by atoms with E-state index in [0.717, 1.165) is 28.0 Å². The molecule has 0 aliphatic rings. The van der Waals surface area contributed by atoms with E-state index < -0.39 is 0 Å². The summed E-state index contributed by atoms with van der Waals surface area (Å²) in [5, 5.41) is 7.49. The van der Waals surface area contributed by atoms with Crippen LogP contribution in [0.25, 0.3) is 11.1 Å². The Morgan fingerprint density at radius 2 is 1.67 bits per heavy atom. The Morgan fingerprint density at radius 1 is 0.923 bits per heavy atom. The summed E-state index contributed by atoms with van der Waals surface area (Å²) in [5.74, 6) is 0.729. The Bertz CT molecular complexity index is 1600. The molecule has 39 heavy (non-hydrogen) atoms. The molecule has 0 aliphatic carbocycles. The van der Waals surface area contributed by atoms with Crippen molar-refractivity contribution in [1.82, 2.24) is 10.4 Å². The Balaban J connectivity index is 1.18. The standard InChI is InChI=1S/C30H24N4O4S/c1-37-26-16-11-20(17-23(26)19-39-30-33-25-9-5-6-10-27(25)38-30)18-31-34-29(36)22-12-14-24(15-13-22)32-28(35)21-7-3-2-4-8-21/h2-18H,19H2,1H3,(H,32,35)(H,34,36)/b31-18+. The van der Waals surface area contributed by atoms with Crippen LogP contribution in [0.4, 0.5) is 5.69 Å². The first-order valence-corrected chi connectivity index (χ1v) is 13.0. The van der Waals surface area contributed by atoms with E-state index in [1.54, 1.807) is 61.9 Å². The minimum absolute atomic E-state index is 0.219. The molecule has 1 aromatic heterocycles. The number of amides is 2. The lowest BCUT2D eigenvalue weighted by atomic mass is 10.1. The second-order valence-electron chi connectivity index (χ2n) is 8.40. The number of hydrogen-bond acceptors (Lipinski definition) is 7. The van der Waals surface area contributed by atoms with Crippen LogP contribution in [0.1, 0.15) is 31.8 Å². The van der Waals surface area contributed by atoms with Gasteiger partial charge in [-0.2, -0.15) is 5.10 Å². The summed E-state index contributed by atoms with van der Waals surface area (Å²) in [6, 6.07) is 28.8. The van der Waals surface area contributed by atoms with Crippen molar-refractivity contribution in [2.75, 3.05) is 12.4 Å². The number of nitrogens with zero attached hydrogens (tertiary/aromatic N) is 2. The largest absolute Gasteiger partial charge is 0.496 e. The van der Waals surface area contributed by atoms with Crippen LogP contribution in [-0.4, -0.2) is 30.1 Å². The van der Waals surface area contributed by atoms with E-state index in [1.807, 2.05) is 48.5 Å². The summed E-state index contributed by atoms with van der Waals surface area (Å²) >= 11 is 1.47. The van der Waals surface area contributed by atoms with Crippen molar-refractivity contribution in [3.8, 4) is 5.75 Å². The van der Waals surface area contributed by atoms with Crippen molar-refractivity contribution >= 4 is 46.6 Å². The third-order valence-corrected chi connectivity index (χ3v) is 6.63. The van der Waals surface area contributed by atoms with E-state index >= 15 is 0 Å². The second-order valence-corrected chi connectivity index (χ2v) is 9.33. The number of methoxy groups -OCH3 is 1. The SMILES string of the molecule is COc1ccc(/C=N/NC(=O)c2ccc(NC(=O)c3ccccc3)cc2)cc1CSc1nc2ccccc2o1. The Morgan fingerprint density at radius 3 is 2.44 bits per heavy atom. The summed E-state index contributed by atoms with van der Waals surface area (Å²) in [6.45, 7) is 0. The van der Waals surface area contributed by atoms with Gasteiger partial charge in [-0.1, -0.05) is 42.1 Å². The topological polar surface area (TPSA) is 106 Å². The molecule has 2 N–H and O–H groups in total. The number of benzene rings is 4. The lowest BCUT2D eigenvalue weighted by Gasteiger charge is -2.08. The fourth-order valence-corrected chi connectivity index (χ4v) is 4.59. The molecule has 0 atom stereocenters. The summed E-state index contributed by atoms with van der Waals surface area (Å²) in [6.07, 6.45) is 1.57. The molecular weight excluding hydrogens is 512 g/mol. The summed E-state index contributed by atoms with van der Waals surface area (Å²) in [7, 11) is 1.62. The third kappa shape index (κ3) is 6.52. The number of ether oxygens (including phenoxy) is 1. The minimum Gasteiger partial charge on any atom is -0.496 e. The third-order valence-electron chi connectivity index (χ3n) is 5.75. The average Bonchev–Trinajstić information content (AvgIpc) is 3.40. The van der Waals surface area contributed by atoms with Gasteiger partial charge in [-0.15, -0.1) is 0 Å². The van der Waals surface area contributed by atoms with Crippen molar-refractivity contribution < 1.29 is 18.7 Å². The maximum Gasteiger partial charge on any atom is 0.271 e. The molecule has 0 bridgehead atoms. The molecule has 0 saturated heterocycles. The van der Waals surface area contributed by atoms with Crippen LogP contribution in [0.5, 0.6) is 5.75 Å². The number of carbonyl (C=O) groups is 2. The molecule has 1 heterocycles. The maximum absolute atomic E-state index is 12.5. The van der Waals surface area contributed by atoms with E-state index in [0.29, 0.717) is 27.8 Å². The van der Waals surface area contributed by atoms with E-state index in [1.165, 1.54) is 11.8 Å². The molecule has 9 heteroatoms. The number of anilines is 1. The first kappa shape index (κ1) is 25.7. The van der Waals surface area contributed by atoms with Crippen LogP contribution >= 0.6 is 11.8 Å². The van der Waals surface area contributed by atoms with Gasteiger partial charge in [-0.05, 0) is 72.3 Å². The fourth-order valence-electron chi connectivity index (χ4n) is 3.77. The number of hydrazone groups is 1. The van der Waals surface area contributed by atoms with E-state index in [9.17, 15) is 9.59 Å². The maximum atomic E-state index is 12.5. The van der Waals surface area contributed by atoms with Gasteiger partial charge >= 0.3 is 0 Å². The zero-order valence-electron chi connectivity index (χ0n) is 21.0. The van der Waals surface area contributed by atoms with Gasteiger partial charge in [0.1, 0.15) is 11.3 Å². The van der Waals surface area contributed by atoms with Crippen LogP contribution in [0.15, 0.2) is 112 Å². The van der Waals surface area contributed by atoms with E-state index in [2.05, 4.69) is 20.8 Å². The van der Waals surface area contributed by atoms with Crippen LogP contribution in [0.3, 0.4) is 0 Å². The quantitative estimate of drug-likeness (QED) is 0.133. The number of hydrogen-bond donors (Lipinski definition) is 2. The van der Waals surface area contributed by atoms with Crippen LogP contribution in [0.2, 0.25) is 0 Å². The highest BCUT2D eigenvalue weighted by atomic mass is 32.2. The van der Waals surface area contributed by atoms with Gasteiger partial charge < -0.3 is 14.5 Å². The number of carbonyl (C=O) groups excluding carboxylic acids is 2. The van der Waals surface area contributed by atoms with Crippen LogP contribution in [-0.2, 0) is 5.75 Å². The first-order valence-electron chi connectivity index (χ1n) is 12.0. The zero-order valence-corrected chi connectivity index (χ0v) is 21.8. The molecule has 0 fully saturated rings. The molecule has 0 saturated carbocycles. The van der Waals surface area contributed by atoms with Gasteiger partial charge in [0.25, 0.3) is 17.0 Å². The van der Waals surface area contributed by atoms with Crippen molar-refractivity contribution in [1.29, 1.82) is 0 Å². The number of fused-ring (bicyclic) bond motifs is 1. The minimum atomic E-state index is -0.368. The number of aromatic nitrogens is 1. The molecule has 0 spiro atoms. The fraction of sp³-hybridized carbons (Fsp3) is 0.0667. The average molecular weight is 537 g/mol. The summed E-state index contributed by atoms with van der Waals surface area (Å²) < 4.78 is 11.3. The summed E-state index contributed by atoms with van der Waals surface area (Å²) in [4.78, 5) is 29.3. The van der Waals surface area contributed by atoms with Crippen LogP contribution < -0.4 is 15.5 Å². The molecule has 4 aromatic carbocycles. The molecule has 0 aliphatic heterocycles. The van der Waals surface area contributed by atoms with Gasteiger partial charge in [0.15, 0.2) is 5.58 Å². The normalized spacial score (nSPS) is 11.0. The number of thioether (sulfide) groups is 1. The number of nitrogens with one attached hydrogen (secondary N) is 2. The van der Waals surface area contributed by atoms with Gasteiger partial charge in [0.05, 0.1) is 13.3 Å².